The second-order valence-corrected chi connectivity index (χ2v) is 4.45. The number of carboxylic acids is 1. The van der Waals surface area contributed by atoms with E-state index in [1.54, 1.807) is 31.2 Å². The van der Waals surface area contributed by atoms with Crippen LogP contribution in [0.3, 0.4) is 0 Å². The van der Waals surface area contributed by atoms with Crippen LogP contribution in [0, 0.1) is 17.0 Å². The average Bonchev–Trinajstić information content (AvgIpc) is 2.49. The monoisotopic (exact) mass is 303 g/mol. The van der Waals surface area contributed by atoms with E-state index >= 15 is 0 Å². The SMILES string of the molecule is COc1ccc(Oc2c(C)ccc(C(=O)O)c2[N+](=O)[O-])cc1. The van der Waals surface area contributed by atoms with Gasteiger partial charge >= 0.3 is 11.7 Å². The van der Waals surface area contributed by atoms with E-state index in [1.165, 1.54) is 19.2 Å². The van der Waals surface area contributed by atoms with Gasteiger partial charge in [0, 0.05) is 0 Å². The minimum Gasteiger partial charge on any atom is -0.497 e. The van der Waals surface area contributed by atoms with Crippen LogP contribution >= 0.6 is 0 Å². The molecule has 2 rings (SSSR count). The van der Waals surface area contributed by atoms with E-state index in [2.05, 4.69) is 0 Å². The molecule has 0 aliphatic rings. The first-order valence-corrected chi connectivity index (χ1v) is 6.27. The van der Waals surface area contributed by atoms with Crippen LogP contribution in [0.5, 0.6) is 17.2 Å². The van der Waals surface area contributed by atoms with Gasteiger partial charge in [-0.25, -0.2) is 4.79 Å². The van der Waals surface area contributed by atoms with Crippen molar-refractivity contribution in [2.75, 3.05) is 7.11 Å². The number of hydrogen-bond donors (Lipinski definition) is 1. The van der Waals surface area contributed by atoms with Crippen LogP contribution in [0.1, 0.15) is 15.9 Å². The number of rotatable bonds is 5. The van der Waals surface area contributed by atoms with Crippen molar-refractivity contribution in [3.8, 4) is 17.2 Å². The Labute approximate surface area is 125 Å². The first-order valence-electron chi connectivity index (χ1n) is 6.27. The highest BCUT2D eigenvalue weighted by atomic mass is 16.6. The van der Waals surface area contributed by atoms with Gasteiger partial charge in [0.2, 0.25) is 5.75 Å². The number of carboxylic acid groups (broad SMARTS) is 1. The van der Waals surface area contributed by atoms with Gasteiger partial charge in [-0.05, 0) is 42.8 Å². The number of carbonyl (C=O) groups is 1. The zero-order valence-corrected chi connectivity index (χ0v) is 11.9. The van der Waals surface area contributed by atoms with Gasteiger partial charge in [0.25, 0.3) is 0 Å². The summed E-state index contributed by atoms with van der Waals surface area (Å²) in [5.41, 5.74) is -0.519. The number of ether oxygens (including phenoxy) is 2. The highest BCUT2D eigenvalue weighted by Gasteiger charge is 2.27. The lowest BCUT2D eigenvalue weighted by Gasteiger charge is -2.11. The van der Waals surface area contributed by atoms with Crippen LogP contribution < -0.4 is 9.47 Å². The molecule has 0 saturated heterocycles. The van der Waals surface area contributed by atoms with Crippen LogP contribution in [0.15, 0.2) is 36.4 Å². The van der Waals surface area contributed by atoms with Crippen LogP contribution in [-0.2, 0) is 0 Å². The fraction of sp³-hybridized carbons (Fsp3) is 0.133. The van der Waals surface area contributed by atoms with Crippen molar-refractivity contribution in [2.45, 2.75) is 6.92 Å². The summed E-state index contributed by atoms with van der Waals surface area (Å²) in [6.45, 7) is 1.61. The molecule has 2 aromatic rings. The number of aromatic carboxylic acids is 1. The quantitative estimate of drug-likeness (QED) is 0.671. The summed E-state index contributed by atoms with van der Waals surface area (Å²) in [7, 11) is 1.52. The molecule has 0 aliphatic heterocycles. The maximum Gasteiger partial charge on any atom is 0.342 e. The number of nitrogens with zero attached hydrogens (tertiary/aromatic N) is 1. The first kappa shape index (κ1) is 15.3. The van der Waals surface area contributed by atoms with Gasteiger partial charge in [0.05, 0.1) is 12.0 Å². The molecule has 22 heavy (non-hydrogen) atoms. The summed E-state index contributed by atoms with van der Waals surface area (Å²) in [5, 5.41) is 20.3. The Kier molecular flexibility index (Phi) is 4.26. The molecule has 0 heterocycles. The molecule has 0 aromatic heterocycles. The molecule has 0 radical (unpaired) electrons. The maximum absolute atomic E-state index is 11.2. The van der Waals surface area contributed by atoms with Crippen molar-refractivity contribution in [3.63, 3.8) is 0 Å². The lowest BCUT2D eigenvalue weighted by molar-refractivity contribution is -0.386. The maximum atomic E-state index is 11.2. The Morgan fingerprint density at radius 2 is 1.73 bits per heavy atom. The Balaban J connectivity index is 2.50. The highest BCUT2D eigenvalue weighted by molar-refractivity contribution is 5.94. The number of aryl methyl sites for hydroxylation is 1. The molecule has 114 valence electrons. The predicted molar refractivity (Wildman–Crippen MR) is 77.9 cm³/mol. The van der Waals surface area contributed by atoms with Gasteiger partial charge in [0.15, 0.2) is 0 Å². The van der Waals surface area contributed by atoms with Gasteiger partial charge in [-0.2, -0.15) is 0 Å². The van der Waals surface area contributed by atoms with Crippen molar-refractivity contribution in [1.82, 2.24) is 0 Å². The van der Waals surface area contributed by atoms with E-state index in [4.69, 9.17) is 14.6 Å². The zero-order valence-electron chi connectivity index (χ0n) is 11.9. The smallest absolute Gasteiger partial charge is 0.342 e. The van der Waals surface area contributed by atoms with Crippen LogP contribution in [0.4, 0.5) is 5.69 Å². The summed E-state index contributed by atoms with van der Waals surface area (Å²) >= 11 is 0. The molecule has 0 saturated carbocycles. The summed E-state index contributed by atoms with van der Waals surface area (Å²) in [4.78, 5) is 21.6. The molecule has 0 spiro atoms. The van der Waals surface area contributed by atoms with Crippen LogP contribution in [0.25, 0.3) is 0 Å². The molecule has 0 aliphatic carbocycles. The second-order valence-electron chi connectivity index (χ2n) is 4.45. The molecular formula is C15H13NO6. The summed E-state index contributed by atoms with van der Waals surface area (Å²) < 4.78 is 10.5. The van der Waals surface area contributed by atoms with E-state index in [-0.39, 0.29) is 5.75 Å². The lowest BCUT2D eigenvalue weighted by atomic mass is 10.1. The molecular weight excluding hydrogens is 290 g/mol. The average molecular weight is 303 g/mol. The van der Waals surface area contributed by atoms with Crippen molar-refractivity contribution in [1.29, 1.82) is 0 Å². The van der Waals surface area contributed by atoms with Crippen molar-refractivity contribution >= 4 is 11.7 Å². The molecule has 7 heteroatoms. The van der Waals surface area contributed by atoms with Crippen molar-refractivity contribution in [2.24, 2.45) is 0 Å². The van der Waals surface area contributed by atoms with E-state index in [0.29, 0.717) is 17.1 Å². The van der Waals surface area contributed by atoms with Gasteiger partial charge < -0.3 is 14.6 Å². The fourth-order valence-corrected chi connectivity index (χ4v) is 1.92. The summed E-state index contributed by atoms with van der Waals surface area (Å²) in [5.74, 6) is -0.520. The topological polar surface area (TPSA) is 98.9 Å². The summed E-state index contributed by atoms with van der Waals surface area (Å²) in [6.07, 6.45) is 0. The van der Waals surface area contributed by atoms with Gasteiger partial charge in [-0.15, -0.1) is 0 Å². The van der Waals surface area contributed by atoms with Crippen LogP contribution in [-0.4, -0.2) is 23.1 Å². The number of methoxy groups -OCH3 is 1. The van der Waals surface area contributed by atoms with E-state index in [1.807, 2.05) is 0 Å². The van der Waals surface area contributed by atoms with E-state index in [0.717, 1.165) is 0 Å². The third-order valence-corrected chi connectivity index (χ3v) is 3.02. The standard InChI is InChI=1S/C15H13NO6/c1-9-3-8-12(15(17)18)13(16(19)20)14(9)22-11-6-4-10(21-2)5-7-11/h3-8H,1-2H3,(H,17,18). The third-order valence-electron chi connectivity index (χ3n) is 3.02. The molecule has 7 nitrogen and oxygen atoms in total. The van der Waals surface area contributed by atoms with E-state index in [9.17, 15) is 14.9 Å². The summed E-state index contributed by atoms with van der Waals surface area (Å²) in [6, 6.07) is 9.09. The number of hydrogen-bond acceptors (Lipinski definition) is 5. The minimum absolute atomic E-state index is 0.0879. The Morgan fingerprint density at radius 1 is 1.14 bits per heavy atom. The van der Waals surface area contributed by atoms with Gasteiger partial charge in [0.1, 0.15) is 17.1 Å². The molecule has 1 N–H and O–H groups in total. The first-order chi connectivity index (χ1) is 10.4. The van der Waals surface area contributed by atoms with Gasteiger partial charge in [-0.1, -0.05) is 6.07 Å². The molecule has 0 bridgehead atoms. The van der Waals surface area contributed by atoms with Gasteiger partial charge in [-0.3, -0.25) is 10.1 Å². The molecule has 2 aromatic carbocycles. The minimum atomic E-state index is -1.38. The third kappa shape index (κ3) is 2.98. The molecule has 0 amide bonds. The number of nitro groups is 1. The molecule has 0 unspecified atom stereocenters. The Morgan fingerprint density at radius 3 is 2.23 bits per heavy atom. The molecule has 0 fully saturated rings. The predicted octanol–water partition coefficient (Wildman–Crippen LogP) is 3.40. The molecule has 0 atom stereocenters. The van der Waals surface area contributed by atoms with Crippen molar-refractivity contribution < 1.29 is 24.3 Å². The zero-order chi connectivity index (χ0) is 16.3. The largest absolute Gasteiger partial charge is 0.497 e. The Bertz CT molecular complexity index is 724. The number of benzene rings is 2. The normalized spacial score (nSPS) is 10.1. The number of nitro benzene ring substituents is 1. The lowest BCUT2D eigenvalue weighted by Crippen LogP contribution is -2.05. The Hall–Kier alpha value is -3.09. The van der Waals surface area contributed by atoms with Crippen molar-refractivity contribution in [3.05, 3.63) is 57.6 Å². The van der Waals surface area contributed by atoms with E-state index < -0.39 is 22.1 Å². The van der Waals surface area contributed by atoms with Crippen LogP contribution in [0.2, 0.25) is 0 Å². The highest BCUT2D eigenvalue weighted by Crippen LogP contribution is 2.37. The fourth-order valence-electron chi connectivity index (χ4n) is 1.92. The second kappa shape index (κ2) is 6.13.